The summed E-state index contributed by atoms with van der Waals surface area (Å²) in [6, 6.07) is 1.90. The number of hydrogen-bond donors (Lipinski definition) is 1. The van der Waals surface area contributed by atoms with Gasteiger partial charge in [-0.25, -0.2) is 4.39 Å². The minimum Gasteiger partial charge on any atom is -0.398 e. The molecule has 1 aliphatic heterocycles. The molecule has 0 saturated heterocycles. The van der Waals surface area contributed by atoms with Gasteiger partial charge >= 0.3 is 0 Å². The second-order valence-electron chi connectivity index (χ2n) is 4.19. The van der Waals surface area contributed by atoms with E-state index in [1.54, 1.807) is 7.05 Å². The zero-order valence-electron chi connectivity index (χ0n) is 10.1. The summed E-state index contributed by atoms with van der Waals surface area (Å²) in [5.74, 6) is -0.438. The molecule has 1 unspecified atom stereocenters. The molecule has 96 valence electrons. The second-order valence-corrected chi connectivity index (χ2v) is 5.25. The first-order chi connectivity index (χ1) is 8.41. The monoisotopic (exact) mass is 268 g/mol. The van der Waals surface area contributed by atoms with Crippen molar-refractivity contribution in [2.24, 2.45) is 0 Å². The highest BCUT2D eigenvalue weighted by molar-refractivity contribution is 7.99. The van der Waals surface area contributed by atoms with Gasteiger partial charge in [0.05, 0.1) is 5.56 Å². The number of ketones is 1. The number of benzene rings is 1. The van der Waals surface area contributed by atoms with Crippen molar-refractivity contribution in [1.29, 1.82) is 0 Å². The van der Waals surface area contributed by atoms with Crippen LogP contribution in [0, 0.1) is 5.82 Å². The molecule has 0 aromatic heterocycles. The molecule has 1 aromatic rings. The fraction of sp³-hybridized carbons (Fsp3) is 0.333. The summed E-state index contributed by atoms with van der Waals surface area (Å²) in [6.07, 6.45) is 0. The van der Waals surface area contributed by atoms with Crippen LogP contribution in [0.5, 0.6) is 0 Å². The Labute approximate surface area is 108 Å². The topological polar surface area (TPSA) is 63.4 Å². The molecule has 1 atom stereocenters. The molecule has 0 radical (unpaired) electrons. The third-order valence-corrected chi connectivity index (χ3v) is 4.12. The lowest BCUT2D eigenvalue weighted by Gasteiger charge is -2.30. The molecule has 1 amide bonds. The van der Waals surface area contributed by atoms with E-state index in [0.717, 1.165) is 6.07 Å². The SMILES string of the molecule is CC(=O)N(C)C1CSc2cc(F)cc(N)c2C1=O. The summed E-state index contributed by atoms with van der Waals surface area (Å²) in [7, 11) is 1.58. The van der Waals surface area contributed by atoms with E-state index in [1.807, 2.05) is 0 Å². The van der Waals surface area contributed by atoms with Crippen LogP contribution in [0.15, 0.2) is 17.0 Å². The van der Waals surface area contributed by atoms with Crippen molar-refractivity contribution in [3.8, 4) is 0 Å². The molecular formula is C12H13FN2O2S. The number of rotatable bonds is 1. The van der Waals surface area contributed by atoms with Crippen molar-refractivity contribution < 1.29 is 14.0 Å². The number of halogens is 1. The molecule has 0 bridgehead atoms. The summed E-state index contributed by atoms with van der Waals surface area (Å²) in [5, 5.41) is 0. The number of nitrogen functional groups attached to an aromatic ring is 1. The van der Waals surface area contributed by atoms with E-state index in [-0.39, 0.29) is 17.4 Å². The standard InChI is InChI=1S/C12H13FN2O2S/c1-6(16)15(2)9-5-18-10-4-7(13)3-8(14)11(10)12(9)17/h3-4,9H,5,14H2,1-2H3. The van der Waals surface area contributed by atoms with Gasteiger partial charge in [0.1, 0.15) is 11.9 Å². The van der Waals surface area contributed by atoms with E-state index in [4.69, 9.17) is 5.73 Å². The van der Waals surface area contributed by atoms with Gasteiger partial charge in [-0.2, -0.15) is 0 Å². The lowest BCUT2D eigenvalue weighted by atomic mass is 10.0. The number of thioether (sulfide) groups is 1. The minimum atomic E-state index is -0.534. The zero-order chi connectivity index (χ0) is 13.4. The minimum absolute atomic E-state index is 0.129. The third-order valence-electron chi connectivity index (χ3n) is 3.01. The molecule has 0 fully saturated rings. The molecule has 6 heteroatoms. The van der Waals surface area contributed by atoms with Crippen molar-refractivity contribution in [2.45, 2.75) is 17.9 Å². The molecule has 0 spiro atoms. The number of anilines is 1. The van der Waals surface area contributed by atoms with Gasteiger partial charge in [0.2, 0.25) is 5.91 Å². The van der Waals surface area contributed by atoms with E-state index >= 15 is 0 Å². The van der Waals surface area contributed by atoms with Crippen LogP contribution in [-0.2, 0) is 4.79 Å². The summed E-state index contributed by atoms with van der Waals surface area (Å²) < 4.78 is 13.2. The first-order valence-electron chi connectivity index (χ1n) is 5.41. The van der Waals surface area contributed by atoms with Crippen molar-refractivity contribution in [3.63, 3.8) is 0 Å². The second kappa shape index (κ2) is 4.61. The highest BCUT2D eigenvalue weighted by Gasteiger charge is 2.33. The maximum absolute atomic E-state index is 13.2. The van der Waals surface area contributed by atoms with Crippen LogP contribution < -0.4 is 5.73 Å². The predicted octanol–water partition coefficient (Wildman–Crippen LogP) is 1.54. The van der Waals surface area contributed by atoms with Crippen molar-refractivity contribution in [2.75, 3.05) is 18.5 Å². The van der Waals surface area contributed by atoms with E-state index in [0.29, 0.717) is 16.2 Å². The molecule has 2 rings (SSSR count). The Kier molecular flexibility index (Phi) is 3.30. The van der Waals surface area contributed by atoms with E-state index in [1.165, 1.54) is 29.7 Å². The van der Waals surface area contributed by atoms with Crippen molar-refractivity contribution in [1.82, 2.24) is 4.90 Å². The van der Waals surface area contributed by atoms with Gasteiger partial charge in [-0.15, -0.1) is 11.8 Å². The number of Topliss-reactive ketones (excluding diaryl/α,β-unsaturated/α-hetero) is 1. The van der Waals surface area contributed by atoms with Gasteiger partial charge in [-0.05, 0) is 12.1 Å². The number of likely N-dealkylation sites (N-methyl/N-ethyl adjacent to an activating group) is 1. The maximum atomic E-state index is 13.2. The van der Waals surface area contributed by atoms with Crippen molar-refractivity contribution >= 4 is 29.1 Å². The Bertz CT molecular complexity index is 533. The highest BCUT2D eigenvalue weighted by Crippen LogP contribution is 2.35. The van der Waals surface area contributed by atoms with Crippen LogP contribution in [0.25, 0.3) is 0 Å². The van der Waals surface area contributed by atoms with Crippen LogP contribution in [0.4, 0.5) is 10.1 Å². The molecule has 1 heterocycles. The van der Waals surface area contributed by atoms with Gasteiger partial charge in [-0.1, -0.05) is 0 Å². The van der Waals surface area contributed by atoms with Crippen LogP contribution in [0.1, 0.15) is 17.3 Å². The first-order valence-corrected chi connectivity index (χ1v) is 6.39. The number of nitrogens with two attached hydrogens (primary N) is 1. The number of nitrogens with zero attached hydrogens (tertiary/aromatic N) is 1. The Hall–Kier alpha value is -1.56. The van der Waals surface area contributed by atoms with Crippen LogP contribution >= 0.6 is 11.8 Å². The number of hydrogen-bond acceptors (Lipinski definition) is 4. The number of carbonyl (C=O) groups is 2. The third kappa shape index (κ3) is 2.08. The lowest BCUT2D eigenvalue weighted by molar-refractivity contribution is -0.128. The van der Waals surface area contributed by atoms with E-state index in [9.17, 15) is 14.0 Å². The summed E-state index contributed by atoms with van der Waals surface area (Å²) >= 11 is 1.34. The molecular weight excluding hydrogens is 255 g/mol. The maximum Gasteiger partial charge on any atom is 0.219 e. The summed E-state index contributed by atoms with van der Waals surface area (Å²) in [5.41, 5.74) is 6.15. The average Bonchev–Trinajstić information content (AvgIpc) is 2.27. The fourth-order valence-corrected chi connectivity index (χ4v) is 3.17. The zero-order valence-corrected chi connectivity index (χ0v) is 10.9. The molecule has 0 aliphatic carbocycles. The smallest absolute Gasteiger partial charge is 0.219 e. The Morgan fingerprint density at radius 3 is 2.83 bits per heavy atom. The lowest BCUT2D eigenvalue weighted by Crippen LogP contribution is -2.45. The quantitative estimate of drug-likeness (QED) is 0.785. The van der Waals surface area contributed by atoms with Gasteiger partial charge in [0.15, 0.2) is 5.78 Å². The summed E-state index contributed by atoms with van der Waals surface area (Å²) in [6.45, 7) is 1.40. The molecule has 4 nitrogen and oxygen atoms in total. The van der Waals surface area contributed by atoms with Gasteiger partial charge in [-0.3, -0.25) is 9.59 Å². The van der Waals surface area contributed by atoms with Crippen LogP contribution in [-0.4, -0.2) is 35.4 Å². The van der Waals surface area contributed by atoms with Gasteiger partial charge < -0.3 is 10.6 Å². The Morgan fingerprint density at radius 2 is 2.22 bits per heavy atom. The Balaban J connectivity index is 2.42. The predicted molar refractivity (Wildman–Crippen MR) is 68.1 cm³/mol. The normalized spacial score (nSPS) is 18.4. The first kappa shape index (κ1) is 12.9. The molecule has 1 aromatic carbocycles. The van der Waals surface area contributed by atoms with Crippen LogP contribution in [0.2, 0.25) is 0 Å². The van der Waals surface area contributed by atoms with E-state index in [2.05, 4.69) is 0 Å². The van der Waals surface area contributed by atoms with Crippen LogP contribution in [0.3, 0.4) is 0 Å². The number of fused-ring (bicyclic) bond motifs is 1. The Morgan fingerprint density at radius 1 is 1.56 bits per heavy atom. The number of carbonyl (C=O) groups excluding carboxylic acids is 2. The summed E-state index contributed by atoms with van der Waals surface area (Å²) in [4.78, 5) is 25.5. The largest absolute Gasteiger partial charge is 0.398 e. The van der Waals surface area contributed by atoms with Gasteiger partial charge in [0.25, 0.3) is 0 Å². The number of amides is 1. The van der Waals surface area contributed by atoms with E-state index < -0.39 is 11.9 Å². The highest BCUT2D eigenvalue weighted by atomic mass is 32.2. The van der Waals surface area contributed by atoms with Crippen molar-refractivity contribution in [3.05, 3.63) is 23.5 Å². The molecule has 0 saturated carbocycles. The average molecular weight is 268 g/mol. The molecule has 1 aliphatic rings. The fourth-order valence-electron chi connectivity index (χ4n) is 1.90. The van der Waals surface area contributed by atoms with Gasteiger partial charge in [0, 0.05) is 30.3 Å². The molecule has 2 N–H and O–H groups in total. The molecule has 18 heavy (non-hydrogen) atoms.